The third kappa shape index (κ3) is 4.17. The SMILES string of the molecule is CC(C(=O)N1CCN(C(=O)CN2C(=O)CCC2=O)CC1)n1c(-c2cccs2)n[nH]c1=S. The van der Waals surface area contributed by atoms with Crippen LogP contribution in [0.1, 0.15) is 25.8 Å². The molecule has 0 saturated carbocycles. The quantitative estimate of drug-likeness (QED) is 0.525. The average molecular weight is 463 g/mol. The summed E-state index contributed by atoms with van der Waals surface area (Å²) >= 11 is 6.86. The summed E-state index contributed by atoms with van der Waals surface area (Å²) in [6.07, 6.45) is 0.326. The average Bonchev–Trinajstić information content (AvgIpc) is 3.50. The van der Waals surface area contributed by atoms with Crippen molar-refractivity contribution in [3.63, 3.8) is 0 Å². The van der Waals surface area contributed by atoms with E-state index in [1.807, 2.05) is 17.5 Å². The van der Waals surface area contributed by atoms with Gasteiger partial charge in [0.15, 0.2) is 10.6 Å². The number of imide groups is 1. The zero-order valence-corrected chi connectivity index (χ0v) is 18.6. The van der Waals surface area contributed by atoms with Crippen molar-refractivity contribution in [2.45, 2.75) is 25.8 Å². The van der Waals surface area contributed by atoms with Crippen molar-refractivity contribution in [1.82, 2.24) is 29.5 Å². The number of thiophene rings is 1. The molecule has 1 N–H and O–H groups in total. The van der Waals surface area contributed by atoms with Gasteiger partial charge in [-0.1, -0.05) is 6.07 Å². The molecule has 0 bridgehead atoms. The van der Waals surface area contributed by atoms with Crippen molar-refractivity contribution in [2.75, 3.05) is 32.7 Å². The number of aromatic nitrogens is 3. The van der Waals surface area contributed by atoms with Crippen molar-refractivity contribution in [3.8, 4) is 10.7 Å². The highest BCUT2D eigenvalue weighted by Gasteiger charge is 2.34. The molecule has 2 aromatic rings. The van der Waals surface area contributed by atoms with Gasteiger partial charge in [0.25, 0.3) is 0 Å². The van der Waals surface area contributed by atoms with E-state index < -0.39 is 6.04 Å². The van der Waals surface area contributed by atoms with Crippen molar-refractivity contribution >= 4 is 47.2 Å². The fourth-order valence-electron chi connectivity index (χ4n) is 3.83. The van der Waals surface area contributed by atoms with Crippen LogP contribution in [0.4, 0.5) is 0 Å². The molecule has 4 amide bonds. The first-order valence-corrected chi connectivity index (χ1v) is 11.3. The molecule has 0 spiro atoms. The topological polar surface area (TPSA) is 112 Å². The number of nitrogens with zero attached hydrogens (tertiary/aromatic N) is 5. The minimum absolute atomic E-state index is 0.104. The molecule has 4 rings (SSSR count). The Hall–Kier alpha value is -2.86. The Bertz CT molecular complexity index is 1050. The predicted molar refractivity (Wildman–Crippen MR) is 115 cm³/mol. The molecule has 4 heterocycles. The van der Waals surface area contributed by atoms with Crippen LogP contribution in [0.2, 0.25) is 0 Å². The van der Waals surface area contributed by atoms with Crippen LogP contribution in [-0.4, -0.2) is 85.8 Å². The second-order valence-electron chi connectivity index (χ2n) is 7.46. The summed E-state index contributed by atoms with van der Waals surface area (Å²) in [4.78, 5) is 54.3. The summed E-state index contributed by atoms with van der Waals surface area (Å²) in [6, 6.07) is 3.28. The van der Waals surface area contributed by atoms with Gasteiger partial charge in [0.1, 0.15) is 12.6 Å². The monoisotopic (exact) mass is 462 g/mol. The second kappa shape index (κ2) is 8.71. The number of carbonyl (C=O) groups excluding carboxylic acids is 4. The Labute approximate surface area is 187 Å². The molecule has 2 aliphatic rings. The predicted octanol–water partition coefficient (Wildman–Crippen LogP) is 1.05. The van der Waals surface area contributed by atoms with Gasteiger partial charge in [-0.25, -0.2) is 0 Å². The molecule has 31 heavy (non-hydrogen) atoms. The summed E-state index contributed by atoms with van der Waals surface area (Å²) in [5, 5.41) is 8.98. The first kappa shape index (κ1) is 21.4. The molecule has 1 atom stereocenters. The third-order valence-corrected chi connectivity index (χ3v) is 6.74. The number of carbonyl (C=O) groups is 4. The normalized spacial score (nSPS) is 18.0. The molecular weight excluding hydrogens is 440 g/mol. The summed E-state index contributed by atoms with van der Waals surface area (Å²) in [7, 11) is 0. The maximum absolute atomic E-state index is 13.1. The van der Waals surface area contributed by atoms with E-state index in [4.69, 9.17) is 12.2 Å². The van der Waals surface area contributed by atoms with E-state index in [0.717, 1.165) is 9.78 Å². The van der Waals surface area contributed by atoms with E-state index in [0.29, 0.717) is 36.8 Å². The fourth-order valence-corrected chi connectivity index (χ4v) is 4.83. The number of rotatable bonds is 5. The van der Waals surface area contributed by atoms with Crippen molar-refractivity contribution in [1.29, 1.82) is 0 Å². The van der Waals surface area contributed by atoms with Crippen LogP contribution in [0.3, 0.4) is 0 Å². The van der Waals surface area contributed by atoms with Crippen LogP contribution in [0.25, 0.3) is 10.7 Å². The van der Waals surface area contributed by atoms with E-state index in [1.165, 1.54) is 11.3 Å². The molecule has 2 aliphatic heterocycles. The first-order valence-electron chi connectivity index (χ1n) is 9.97. The highest BCUT2D eigenvalue weighted by molar-refractivity contribution is 7.71. The number of H-pyrrole nitrogens is 1. The van der Waals surface area contributed by atoms with Crippen LogP contribution in [-0.2, 0) is 19.2 Å². The van der Waals surface area contributed by atoms with Crippen molar-refractivity contribution < 1.29 is 19.2 Å². The minimum atomic E-state index is -0.551. The van der Waals surface area contributed by atoms with Gasteiger partial charge in [0.2, 0.25) is 23.6 Å². The highest BCUT2D eigenvalue weighted by Crippen LogP contribution is 2.26. The molecule has 164 valence electrons. The Morgan fingerprint density at radius 3 is 2.42 bits per heavy atom. The molecule has 0 radical (unpaired) electrons. The largest absolute Gasteiger partial charge is 0.338 e. The summed E-state index contributed by atoms with van der Waals surface area (Å²) in [5.74, 6) is -0.374. The summed E-state index contributed by atoms with van der Waals surface area (Å²) < 4.78 is 2.09. The van der Waals surface area contributed by atoms with Crippen LogP contribution < -0.4 is 0 Å². The van der Waals surface area contributed by atoms with E-state index in [2.05, 4.69) is 10.2 Å². The number of hydrogen-bond donors (Lipinski definition) is 1. The molecule has 2 saturated heterocycles. The zero-order valence-electron chi connectivity index (χ0n) is 16.9. The van der Waals surface area contributed by atoms with E-state index in [1.54, 1.807) is 21.3 Å². The molecule has 10 nitrogen and oxygen atoms in total. The molecule has 2 aromatic heterocycles. The molecule has 1 unspecified atom stereocenters. The highest BCUT2D eigenvalue weighted by atomic mass is 32.1. The van der Waals surface area contributed by atoms with Gasteiger partial charge in [-0.2, -0.15) is 5.10 Å². The van der Waals surface area contributed by atoms with E-state index in [9.17, 15) is 19.2 Å². The zero-order chi connectivity index (χ0) is 22.1. The second-order valence-corrected chi connectivity index (χ2v) is 8.79. The van der Waals surface area contributed by atoms with Gasteiger partial charge in [0.05, 0.1) is 4.88 Å². The molecule has 2 fully saturated rings. The van der Waals surface area contributed by atoms with E-state index in [-0.39, 0.29) is 43.0 Å². The van der Waals surface area contributed by atoms with Crippen LogP contribution >= 0.6 is 23.6 Å². The number of likely N-dealkylation sites (tertiary alicyclic amines) is 1. The number of piperazine rings is 1. The van der Waals surface area contributed by atoms with Crippen molar-refractivity contribution in [3.05, 3.63) is 22.3 Å². The Morgan fingerprint density at radius 1 is 1.16 bits per heavy atom. The Kier molecular flexibility index (Phi) is 6.01. The number of nitrogens with one attached hydrogen (secondary N) is 1. The maximum atomic E-state index is 13.1. The minimum Gasteiger partial charge on any atom is -0.338 e. The van der Waals surface area contributed by atoms with Crippen LogP contribution in [0, 0.1) is 4.77 Å². The van der Waals surface area contributed by atoms with Crippen LogP contribution in [0.15, 0.2) is 17.5 Å². The third-order valence-electron chi connectivity index (χ3n) is 5.58. The lowest BCUT2D eigenvalue weighted by Crippen LogP contribution is -2.54. The smallest absolute Gasteiger partial charge is 0.245 e. The van der Waals surface area contributed by atoms with Gasteiger partial charge < -0.3 is 9.80 Å². The molecule has 0 aliphatic carbocycles. The van der Waals surface area contributed by atoms with Crippen LogP contribution in [0.5, 0.6) is 0 Å². The van der Waals surface area contributed by atoms with Gasteiger partial charge in [0, 0.05) is 39.0 Å². The van der Waals surface area contributed by atoms with Gasteiger partial charge >= 0.3 is 0 Å². The van der Waals surface area contributed by atoms with Gasteiger partial charge in [-0.15, -0.1) is 11.3 Å². The summed E-state index contributed by atoms with van der Waals surface area (Å²) in [5.41, 5.74) is 0. The lowest BCUT2D eigenvalue weighted by atomic mass is 10.2. The van der Waals surface area contributed by atoms with Gasteiger partial charge in [-0.3, -0.25) is 33.7 Å². The molecular formula is C19H22N6O4S2. The van der Waals surface area contributed by atoms with Crippen molar-refractivity contribution in [2.24, 2.45) is 0 Å². The number of aromatic amines is 1. The first-order chi connectivity index (χ1) is 14.9. The van der Waals surface area contributed by atoms with Gasteiger partial charge in [-0.05, 0) is 30.6 Å². The standard InChI is InChI=1S/C19H22N6O4S2/c1-12(25-17(20-21-19(25)30)13-3-2-10-31-13)18(29)23-8-6-22(7-9-23)16(28)11-24-14(26)4-5-15(24)27/h2-3,10,12H,4-9,11H2,1H3,(H,21,30). The number of amides is 4. The summed E-state index contributed by atoms with van der Waals surface area (Å²) in [6.45, 7) is 3.00. The Morgan fingerprint density at radius 2 is 1.81 bits per heavy atom. The van der Waals surface area contributed by atoms with E-state index >= 15 is 0 Å². The fraction of sp³-hybridized carbons (Fsp3) is 0.474. The molecule has 0 aromatic carbocycles. The Balaban J connectivity index is 1.38. The lowest BCUT2D eigenvalue weighted by Gasteiger charge is -2.36. The lowest BCUT2D eigenvalue weighted by molar-refractivity contribution is -0.147. The maximum Gasteiger partial charge on any atom is 0.245 e. The number of hydrogen-bond acceptors (Lipinski definition) is 7. The molecule has 12 heteroatoms.